The van der Waals surface area contributed by atoms with Crippen LogP contribution in [0.4, 0.5) is 5.69 Å². The first kappa shape index (κ1) is 11.6. The Morgan fingerprint density at radius 1 is 1.47 bits per heavy atom. The molecule has 1 aromatic carbocycles. The fraction of sp³-hybridized carbons (Fsp3) is 0.231. The van der Waals surface area contributed by atoms with Crippen LogP contribution >= 0.6 is 11.3 Å². The van der Waals surface area contributed by atoms with E-state index in [2.05, 4.69) is 23.3 Å². The van der Waals surface area contributed by atoms with Crippen LogP contribution in [0.3, 0.4) is 0 Å². The molecule has 0 fully saturated rings. The number of nitrogens with one attached hydrogen (secondary N) is 1. The van der Waals surface area contributed by atoms with Gasteiger partial charge in [-0.2, -0.15) is 5.26 Å². The van der Waals surface area contributed by atoms with Crippen molar-refractivity contribution < 1.29 is 0 Å². The zero-order valence-electron chi connectivity index (χ0n) is 9.77. The Morgan fingerprint density at radius 2 is 2.29 bits per heavy atom. The summed E-state index contributed by atoms with van der Waals surface area (Å²) >= 11 is 1.65. The fourth-order valence-corrected chi connectivity index (χ4v) is 2.37. The van der Waals surface area contributed by atoms with Gasteiger partial charge in [-0.05, 0) is 32.0 Å². The molecule has 86 valence electrons. The van der Waals surface area contributed by atoms with Crippen LogP contribution in [0.25, 0.3) is 0 Å². The molecular formula is C13H13N3S. The van der Waals surface area contributed by atoms with E-state index in [-0.39, 0.29) is 6.04 Å². The van der Waals surface area contributed by atoms with Crippen LogP contribution in [0.2, 0.25) is 0 Å². The van der Waals surface area contributed by atoms with Gasteiger partial charge in [0.2, 0.25) is 0 Å². The van der Waals surface area contributed by atoms with Gasteiger partial charge in [0.1, 0.15) is 5.01 Å². The Kier molecular flexibility index (Phi) is 3.40. The predicted octanol–water partition coefficient (Wildman–Crippen LogP) is 3.50. The molecule has 1 N–H and O–H groups in total. The Labute approximate surface area is 105 Å². The minimum Gasteiger partial charge on any atom is -0.376 e. The molecule has 1 heterocycles. The van der Waals surface area contributed by atoms with E-state index in [1.807, 2.05) is 30.5 Å². The number of nitrogens with zero attached hydrogens (tertiary/aromatic N) is 2. The number of benzene rings is 1. The quantitative estimate of drug-likeness (QED) is 0.897. The summed E-state index contributed by atoms with van der Waals surface area (Å²) in [4.78, 5) is 4.44. The summed E-state index contributed by atoms with van der Waals surface area (Å²) in [6.07, 6.45) is 0. The van der Waals surface area contributed by atoms with Gasteiger partial charge < -0.3 is 5.32 Å². The molecule has 0 aliphatic rings. The van der Waals surface area contributed by atoms with Gasteiger partial charge in [0.25, 0.3) is 0 Å². The highest BCUT2D eigenvalue weighted by atomic mass is 32.1. The fourth-order valence-electron chi connectivity index (χ4n) is 1.56. The molecule has 0 spiro atoms. The molecule has 2 rings (SSSR count). The number of nitriles is 1. The predicted molar refractivity (Wildman–Crippen MR) is 70.0 cm³/mol. The number of rotatable bonds is 3. The lowest BCUT2D eigenvalue weighted by Gasteiger charge is -2.12. The molecule has 0 radical (unpaired) electrons. The van der Waals surface area contributed by atoms with Crippen LogP contribution in [0.15, 0.2) is 29.6 Å². The largest absolute Gasteiger partial charge is 0.376 e. The maximum absolute atomic E-state index is 8.83. The van der Waals surface area contributed by atoms with E-state index in [0.717, 1.165) is 16.4 Å². The standard InChI is InChI=1S/C13H13N3S/c1-9-8-17-13(15-9)10(2)16-12-5-3-4-11(6-12)7-14/h3-6,8,10,16H,1-2H3. The molecule has 0 aliphatic carbocycles. The van der Waals surface area contributed by atoms with E-state index in [1.54, 1.807) is 17.4 Å². The molecule has 17 heavy (non-hydrogen) atoms. The smallest absolute Gasteiger partial charge is 0.115 e. The second-order valence-electron chi connectivity index (χ2n) is 3.89. The van der Waals surface area contributed by atoms with E-state index >= 15 is 0 Å². The van der Waals surface area contributed by atoms with Crippen molar-refractivity contribution >= 4 is 17.0 Å². The Balaban J connectivity index is 2.13. The highest BCUT2D eigenvalue weighted by Gasteiger charge is 2.09. The topological polar surface area (TPSA) is 48.7 Å². The maximum Gasteiger partial charge on any atom is 0.115 e. The second-order valence-corrected chi connectivity index (χ2v) is 4.78. The number of hydrogen-bond acceptors (Lipinski definition) is 4. The summed E-state index contributed by atoms with van der Waals surface area (Å²) in [5.74, 6) is 0. The Bertz CT molecular complexity index is 554. The van der Waals surface area contributed by atoms with Crippen molar-refractivity contribution in [3.05, 3.63) is 45.9 Å². The molecule has 0 saturated heterocycles. The first-order valence-corrected chi connectivity index (χ1v) is 6.26. The van der Waals surface area contributed by atoms with Gasteiger partial charge in [-0.25, -0.2) is 4.98 Å². The van der Waals surface area contributed by atoms with Crippen LogP contribution in [-0.2, 0) is 0 Å². The van der Waals surface area contributed by atoms with Gasteiger partial charge in [-0.1, -0.05) is 6.07 Å². The normalized spacial score (nSPS) is 11.8. The second kappa shape index (κ2) is 4.98. The molecule has 0 amide bonds. The van der Waals surface area contributed by atoms with Crippen LogP contribution in [0.5, 0.6) is 0 Å². The van der Waals surface area contributed by atoms with Crippen molar-refractivity contribution in [3.8, 4) is 6.07 Å². The number of hydrogen-bond donors (Lipinski definition) is 1. The summed E-state index contributed by atoms with van der Waals surface area (Å²) in [5, 5.41) is 15.3. The van der Waals surface area contributed by atoms with Crippen LogP contribution < -0.4 is 5.32 Å². The summed E-state index contributed by atoms with van der Waals surface area (Å²) in [5.41, 5.74) is 2.66. The number of aromatic nitrogens is 1. The average molecular weight is 243 g/mol. The highest BCUT2D eigenvalue weighted by Crippen LogP contribution is 2.22. The number of aryl methyl sites for hydroxylation is 1. The van der Waals surface area contributed by atoms with Crippen molar-refractivity contribution in [3.63, 3.8) is 0 Å². The van der Waals surface area contributed by atoms with Crippen molar-refractivity contribution in [2.75, 3.05) is 5.32 Å². The van der Waals surface area contributed by atoms with Gasteiger partial charge >= 0.3 is 0 Å². The molecule has 0 saturated carbocycles. The first-order valence-electron chi connectivity index (χ1n) is 5.38. The van der Waals surface area contributed by atoms with Gasteiger partial charge in [-0.3, -0.25) is 0 Å². The summed E-state index contributed by atoms with van der Waals surface area (Å²) in [7, 11) is 0. The van der Waals surface area contributed by atoms with Gasteiger partial charge in [0.05, 0.1) is 17.7 Å². The zero-order chi connectivity index (χ0) is 12.3. The molecule has 2 aromatic rings. The van der Waals surface area contributed by atoms with Gasteiger partial charge in [-0.15, -0.1) is 11.3 Å². The molecule has 0 aliphatic heterocycles. The SMILES string of the molecule is Cc1csc(C(C)Nc2cccc(C#N)c2)n1. The highest BCUT2D eigenvalue weighted by molar-refractivity contribution is 7.09. The first-order chi connectivity index (χ1) is 8.19. The van der Waals surface area contributed by atoms with E-state index in [0.29, 0.717) is 5.56 Å². The van der Waals surface area contributed by atoms with Crippen molar-refractivity contribution in [1.29, 1.82) is 5.26 Å². The van der Waals surface area contributed by atoms with Crippen LogP contribution in [0, 0.1) is 18.3 Å². The number of anilines is 1. The number of thiazole rings is 1. The van der Waals surface area contributed by atoms with E-state index in [1.165, 1.54) is 0 Å². The average Bonchev–Trinajstić information content (AvgIpc) is 2.76. The lowest BCUT2D eigenvalue weighted by atomic mass is 10.2. The lowest BCUT2D eigenvalue weighted by Crippen LogP contribution is -2.06. The molecular weight excluding hydrogens is 230 g/mol. The molecule has 0 bridgehead atoms. The summed E-state index contributed by atoms with van der Waals surface area (Å²) in [6.45, 7) is 4.06. The van der Waals surface area contributed by atoms with Gasteiger partial charge in [0, 0.05) is 16.8 Å². The summed E-state index contributed by atoms with van der Waals surface area (Å²) in [6, 6.07) is 9.76. The molecule has 1 unspecified atom stereocenters. The molecule has 4 heteroatoms. The van der Waals surface area contributed by atoms with E-state index in [9.17, 15) is 0 Å². The van der Waals surface area contributed by atoms with Gasteiger partial charge in [0.15, 0.2) is 0 Å². The third kappa shape index (κ3) is 2.83. The van der Waals surface area contributed by atoms with E-state index < -0.39 is 0 Å². The molecule has 1 atom stereocenters. The Morgan fingerprint density at radius 3 is 2.94 bits per heavy atom. The molecule has 3 nitrogen and oxygen atoms in total. The lowest BCUT2D eigenvalue weighted by molar-refractivity contribution is 0.864. The van der Waals surface area contributed by atoms with Crippen molar-refractivity contribution in [1.82, 2.24) is 4.98 Å². The van der Waals surface area contributed by atoms with Crippen LogP contribution in [0.1, 0.15) is 29.2 Å². The van der Waals surface area contributed by atoms with Crippen molar-refractivity contribution in [2.24, 2.45) is 0 Å². The minimum atomic E-state index is 0.155. The third-order valence-electron chi connectivity index (χ3n) is 2.38. The minimum absolute atomic E-state index is 0.155. The maximum atomic E-state index is 8.83. The Hall–Kier alpha value is -1.86. The molecule has 1 aromatic heterocycles. The zero-order valence-corrected chi connectivity index (χ0v) is 10.6. The monoisotopic (exact) mass is 243 g/mol. The van der Waals surface area contributed by atoms with E-state index in [4.69, 9.17) is 5.26 Å². The third-order valence-corrected chi connectivity index (χ3v) is 3.53. The van der Waals surface area contributed by atoms with Crippen molar-refractivity contribution in [2.45, 2.75) is 19.9 Å². The summed E-state index contributed by atoms with van der Waals surface area (Å²) < 4.78 is 0. The van der Waals surface area contributed by atoms with Crippen LogP contribution in [-0.4, -0.2) is 4.98 Å².